The second-order valence-corrected chi connectivity index (χ2v) is 7.10. The van der Waals surface area contributed by atoms with Crippen LogP contribution in [0.25, 0.3) is 11.0 Å². The highest BCUT2D eigenvalue weighted by Gasteiger charge is 2.22. The first-order valence-corrected chi connectivity index (χ1v) is 9.59. The third-order valence-corrected chi connectivity index (χ3v) is 5.40. The van der Waals surface area contributed by atoms with Crippen LogP contribution in [0.2, 0.25) is 0 Å². The first-order chi connectivity index (χ1) is 13.3. The predicted molar refractivity (Wildman–Crippen MR) is 107 cm³/mol. The van der Waals surface area contributed by atoms with Gasteiger partial charge in [0, 0.05) is 18.8 Å². The fourth-order valence-corrected chi connectivity index (χ4v) is 3.92. The molecule has 0 saturated carbocycles. The van der Waals surface area contributed by atoms with E-state index in [1.54, 1.807) is 11.7 Å². The van der Waals surface area contributed by atoms with Crippen molar-refractivity contribution in [3.8, 4) is 5.75 Å². The van der Waals surface area contributed by atoms with Gasteiger partial charge < -0.3 is 10.1 Å². The van der Waals surface area contributed by atoms with E-state index in [1.165, 1.54) is 5.56 Å². The monoisotopic (exact) mass is 363 g/mol. The number of hydrogen-bond acceptors (Lipinski definition) is 4. The molecular weight excluding hydrogens is 338 g/mol. The summed E-state index contributed by atoms with van der Waals surface area (Å²) in [7, 11) is 1.66. The number of pyridine rings is 1. The largest absolute Gasteiger partial charge is 0.497 e. The number of methoxy groups -OCH3 is 1. The van der Waals surface area contributed by atoms with E-state index in [0.29, 0.717) is 18.8 Å². The van der Waals surface area contributed by atoms with Crippen molar-refractivity contribution in [2.75, 3.05) is 20.2 Å². The Morgan fingerprint density at radius 2 is 2.11 bits per heavy atom. The van der Waals surface area contributed by atoms with Gasteiger partial charge in [-0.25, -0.2) is 0 Å². The zero-order valence-electron chi connectivity index (χ0n) is 15.6. The highest BCUT2D eigenvalue weighted by atomic mass is 16.5. The highest BCUT2D eigenvalue weighted by Crippen LogP contribution is 2.32. The van der Waals surface area contributed by atoms with Crippen LogP contribution in [0.1, 0.15) is 41.1 Å². The minimum atomic E-state index is 0.107. The van der Waals surface area contributed by atoms with Crippen molar-refractivity contribution in [3.05, 3.63) is 59.9 Å². The molecule has 0 atom stereocenters. The topological polar surface area (TPSA) is 56.1 Å². The van der Waals surface area contributed by atoms with Crippen molar-refractivity contribution in [2.45, 2.75) is 31.6 Å². The van der Waals surface area contributed by atoms with Crippen LogP contribution in [0.5, 0.6) is 5.75 Å². The molecule has 27 heavy (non-hydrogen) atoms. The van der Waals surface area contributed by atoms with Crippen LogP contribution in [-0.2, 0) is 6.42 Å². The molecule has 4 rings (SSSR count). The number of fused-ring (bicyclic) bond motifs is 1. The molecule has 0 bridgehead atoms. The fraction of sp³-hybridized carbons (Fsp3) is 0.364. The molecule has 5 nitrogen and oxygen atoms in total. The number of carbonyl (C=O) groups excluding carboxylic acids is 1. The van der Waals surface area contributed by atoms with Crippen molar-refractivity contribution in [2.24, 2.45) is 0 Å². The van der Waals surface area contributed by atoms with Gasteiger partial charge in [-0.3, -0.25) is 14.3 Å². The van der Waals surface area contributed by atoms with E-state index < -0.39 is 0 Å². The van der Waals surface area contributed by atoms with Gasteiger partial charge in [0.1, 0.15) is 5.75 Å². The van der Waals surface area contributed by atoms with Crippen molar-refractivity contribution in [3.63, 3.8) is 0 Å². The standard InChI is InChI=1S/C22H25N3O2/c1-27-18-5-2-4-16(14-18)7-8-21(26)25-15-19(17-9-12-23-13-10-17)22-20(25)6-3-11-24-22/h2-6,11,14-15,17,23H,7-10,12-13H2,1H3. The minimum absolute atomic E-state index is 0.107. The number of rotatable bonds is 5. The van der Waals surface area contributed by atoms with Gasteiger partial charge in [-0.2, -0.15) is 0 Å². The van der Waals surface area contributed by atoms with Gasteiger partial charge in [-0.1, -0.05) is 12.1 Å². The van der Waals surface area contributed by atoms with Crippen LogP contribution >= 0.6 is 0 Å². The van der Waals surface area contributed by atoms with Crippen LogP contribution in [0.3, 0.4) is 0 Å². The molecule has 140 valence electrons. The summed E-state index contributed by atoms with van der Waals surface area (Å²) in [6, 6.07) is 11.8. The van der Waals surface area contributed by atoms with Crippen LogP contribution in [0.15, 0.2) is 48.8 Å². The first kappa shape index (κ1) is 17.7. The maximum absolute atomic E-state index is 13.0. The summed E-state index contributed by atoms with van der Waals surface area (Å²) in [4.78, 5) is 17.6. The van der Waals surface area contributed by atoms with Crippen molar-refractivity contribution < 1.29 is 9.53 Å². The molecule has 0 spiro atoms. The van der Waals surface area contributed by atoms with Gasteiger partial charge in [0.15, 0.2) is 0 Å². The molecule has 0 amide bonds. The molecule has 1 fully saturated rings. The molecular formula is C22H25N3O2. The van der Waals surface area contributed by atoms with Gasteiger partial charge in [0.25, 0.3) is 0 Å². The summed E-state index contributed by atoms with van der Waals surface area (Å²) in [6.07, 6.45) is 7.18. The molecule has 1 aliphatic rings. The van der Waals surface area contributed by atoms with Gasteiger partial charge in [0.05, 0.1) is 18.1 Å². The van der Waals surface area contributed by atoms with Crippen LogP contribution < -0.4 is 10.1 Å². The molecule has 1 aliphatic heterocycles. The van der Waals surface area contributed by atoms with Gasteiger partial charge in [0.2, 0.25) is 5.91 Å². The molecule has 5 heteroatoms. The van der Waals surface area contributed by atoms with E-state index in [-0.39, 0.29) is 5.91 Å². The van der Waals surface area contributed by atoms with Crippen LogP contribution in [-0.4, -0.2) is 35.7 Å². The molecule has 1 saturated heterocycles. The van der Waals surface area contributed by atoms with Gasteiger partial charge >= 0.3 is 0 Å². The Morgan fingerprint density at radius 3 is 2.93 bits per heavy atom. The molecule has 2 aromatic heterocycles. The number of nitrogens with one attached hydrogen (secondary N) is 1. The number of benzene rings is 1. The molecule has 0 radical (unpaired) electrons. The Hall–Kier alpha value is -2.66. The second kappa shape index (κ2) is 7.92. The van der Waals surface area contributed by atoms with Crippen molar-refractivity contribution in [1.82, 2.24) is 14.9 Å². The number of aromatic nitrogens is 2. The maximum atomic E-state index is 13.0. The lowest BCUT2D eigenvalue weighted by Gasteiger charge is -2.21. The number of hydrogen-bond donors (Lipinski definition) is 1. The third-order valence-electron chi connectivity index (χ3n) is 5.40. The molecule has 3 heterocycles. The minimum Gasteiger partial charge on any atom is -0.497 e. The lowest BCUT2D eigenvalue weighted by atomic mass is 9.91. The molecule has 1 aromatic carbocycles. The summed E-state index contributed by atoms with van der Waals surface area (Å²) in [6.45, 7) is 2.04. The molecule has 1 N–H and O–H groups in total. The lowest BCUT2D eigenvalue weighted by Crippen LogP contribution is -2.26. The summed E-state index contributed by atoms with van der Waals surface area (Å²) < 4.78 is 7.08. The van der Waals surface area contributed by atoms with E-state index in [4.69, 9.17) is 4.74 Å². The number of carbonyl (C=O) groups is 1. The maximum Gasteiger partial charge on any atom is 0.231 e. The molecule has 0 aliphatic carbocycles. The Morgan fingerprint density at radius 1 is 1.26 bits per heavy atom. The van der Waals surface area contributed by atoms with E-state index >= 15 is 0 Å². The Bertz CT molecular complexity index is 942. The zero-order chi connectivity index (χ0) is 18.6. The number of ether oxygens (including phenoxy) is 1. The lowest BCUT2D eigenvalue weighted by molar-refractivity contribution is 0.0908. The number of nitrogens with zero attached hydrogens (tertiary/aromatic N) is 2. The quantitative estimate of drug-likeness (QED) is 0.749. The smallest absolute Gasteiger partial charge is 0.231 e. The molecule has 3 aromatic rings. The van der Waals surface area contributed by atoms with Gasteiger partial charge in [-0.05, 0) is 73.7 Å². The summed E-state index contributed by atoms with van der Waals surface area (Å²) in [5.74, 6) is 1.40. The fourth-order valence-electron chi connectivity index (χ4n) is 3.92. The average molecular weight is 363 g/mol. The Labute approximate surface area is 159 Å². The first-order valence-electron chi connectivity index (χ1n) is 9.59. The van der Waals surface area contributed by atoms with E-state index in [1.807, 2.05) is 48.8 Å². The average Bonchev–Trinajstić information content (AvgIpc) is 3.13. The number of aryl methyl sites for hydroxylation is 1. The highest BCUT2D eigenvalue weighted by molar-refractivity contribution is 5.92. The van der Waals surface area contributed by atoms with Crippen LogP contribution in [0.4, 0.5) is 0 Å². The summed E-state index contributed by atoms with van der Waals surface area (Å²) in [5, 5.41) is 3.41. The van der Waals surface area contributed by atoms with Crippen LogP contribution in [0, 0.1) is 0 Å². The summed E-state index contributed by atoms with van der Waals surface area (Å²) >= 11 is 0. The Balaban J connectivity index is 1.58. The zero-order valence-corrected chi connectivity index (χ0v) is 15.6. The normalized spacial score (nSPS) is 15.1. The second-order valence-electron chi connectivity index (χ2n) is 7.10. The van der Waals surface area contributed by atoms with Crippen molar-refractivity contribution >= 4 is 16.9 Å². The summed E-state index contributed by atoms with van der Waals surface area (Å²) in [5.41, 5.74) is 4.21. The van der Waals surface area contributed by atoms with E-state index in [0.717, 1.165) is 48.3 Å². The van der Waals surface area contributed by atoms with E-state index in [9.17, 15) is 4.79 Å². The third kappa shape index (κ3) is 3.74. The van der Waals surface area contributed by atoms with Gasteiger partial charge in [-0.15, -0.1) is 0 Å². The SMILES string of the molecule is COc1cccc(CCC(=O)n2cc(C3CCNCC3)c3ncccc32)c1. The Kier molecular flexibility index (Phi) is 5.21. The van der Waals surface area contributed by atoms with Crippen molar-refractivity contribution in [1.29, 1.82) is 0 Å². The van der Waals surface area contributed by atoms with E-state index in [2.05, 4.69) is 10.3 Å². The molecule has 0 unspecified atom stereocenters. The number of piperidine rings is 1. The predicted octanol–water partition coefficient (Wildman–Crippen LogP) is 3.78.